The SMILES string of the molecule is CC(c1ccc(OCC(=O)OC2(C)C3CC4CC(C3)CC2C4)cc1)C(C)(C)C. The van der Waals surface area contributed by atoms with Gasteiger partial charge in [-0.05, 0) is 91.7 Å². The Kier molecular flexibility index (Phi) is 5.00. The Balaban J connectivity index is 1.32. The average Bonchev–Trinajstić information content (AvgIpc) is 2.63. The van der Waals surface area contributed by atoms with Crippen molar-refractivity contribution in [2.45, 2.75) is 78.2 Å². The normalized spacial score (nSPS) is 34.9. The third-order valence-electron chi connectivity index (χ3n) is 8.13. The third kappa shape index (κ3) is 3.69. The molecule has 3 heteroatoms. The fraction of sp³-hybridized carbons (Fsp3) is 0.720. The van der Waals surface area contributed by atoms with E-state index < -0.39 is 0 Å². The van der Waals surface area contributed by atoms with Crippen molar-refractivity contribution in [3.63, 3.8) is 0 Å². The molecule has 1 aromatic carbocycles. The quantitative estimate of drug-likeness (QED) is 0.586. The maximum atomic E-state index is 12.6. The summed E-state index contributed by atoms with van der Waals surface area (Å²) in [5.74, 6) is 3.82. The van der Waals surface area contributed by atoms with Crippen LogP contribution in [0.3, 0.4) is 0 Å². The lowest BCUT2D eigenvalue weighted by atomic mass is 9.50. The molecule has 1 atom stereocenters. The van der Waals surface area contributed by atoms with E-state index in [0.717, 1.165) is 17.6 Å². The number of esters is 1. The number of hydrogen-bond acceptors (Lipinski definition) is 3. The Bertz CT molecular complexity index is 684. The Morgan fingerprint density at radius 3 is 2.07 bits per heavy atom. The highest BCUT2D eigenvalue weighted by Crippen LogP contribution is 2.59. The topological polar surface area (TPSA) is 35.5 Å². The maximum Gasteiger partial charge on any atom is 0.344 e. The fourth-order valence-corrected chi connectivity index (χ4v) is 6.06. The average molecular weight is 385 g/mol. The Morgan fingerprint density at radius 2 is 1.57 bits per heavy atom. The van der Waals surface area contributed by atoms with Crippen molar-refractivity contribution in [1.29, 1.82) is 0 Å². The van der Waals surface area contributed by atoms with Gasteiger partial charge in [-0.3, -0.25) is 0 Å². The molecule has 0 amide bonds. The molecule has 154 valence electrons. The van der Waals surface area contributed by atoms with Crippen molar-refractivity contribution in [3.8, 4) is 5.75 Å². The first-order chi connectivity index (χ1) is 13.1. The van der Waals surface area contributed by atoms with Crippen LogP contribution < -0.4 is 4.74 Å². The second kappa shape index (κ2) is 7.07. The van der Waals surface area contributed by atoms with E-state index in [1.54, 1.807) is 0 Å². The van der Waals surface area contributed by atoms with E-state index in [9.17, 15) is 4.79 Å². The van der Waals surface area contributed by atoms with Crippen LogP contribution in [0.5, 0.6) is 5.75 Å². The van der Waals surface area contributed by atoms with Crippen LogP contribution in [0.15, 0.2) is 24.3 Å². The standard InChI is InChI=1S/C25H36O3/c1-16(24(2,3)4)19-6-8-22(9-7-19)27-15-23(26)28-25(5)20-11-17-10-18(13-20)14-21(25)12-17/h6-9,16-18,20-21H,10-15H2,1-5H3. The van der Waals surface area contributed by atoms with Gasteiger partial charge in [0.15, 0.2) is 6.61 Å². The molecule has 5 rings (SSSR count). The van der Waals surface area contributed by atoms with Crippen LogP contribution in [0.2, 0.25) is 0 Å². The minimum absolute atomic E-state index is 0.00391. The van der Waals surface area contributed by atoms with Gasteiger partial charge >= 0.3 is 5.97 Å². The number of rotatable bonds is 5. The van der Waals surface area contributed by atoms with Crippen molar-refractivity contribution in [3.05, 3.63) is 29.8 Å². The highest BCUT2D eigenvalue weighted by molar-refractivity contribution is 5.71. The molecule has 1 unspecified atom stereocenters. The van der Waals surface area contributed by atoms with Gasteiger partial charge < -0.3 is 9.47 Å². The van der Waals surface area contributed by atoms with Gasteiger partial charge in [0.05, 0.1) is 0 Å². The van der Waals surface area contributed by atoms with Crippen LogP contribution in [0.1, 0.15) is 78.2 Å². The van der Waals surface area contributed by atoms with E-state index in [4.69, 9.17) is 9.47 Å². The Hall–Kier alpha value is -1.51. The highest BCUT2D eigenvalue weighted by Gasteiger charge is 2.57. The summed E-state index contributed by atoms with van der Waals surface area (Å²) in [6.07, 6.45) is 6.37. The molecule has 0 heterocycles. The summed E-state index contributed by atoms with van der Waals surface area (Å²) in [5, 5.41) is 0. The summed E-state index contributed by atoms with van der Waals surface area (Å²) >= 11 is 0. The second-order valence-corrected chi connectivity index (χ2v) is 10.9. The third-order valence-corrected chi connectivity index (χ3v) is 8.13. The summed E-state index contributed by atoms with van der Waals surface area (Å²) < 4.78 is 11.8. The number of carbonyl (C=O) groups excluding carboxylic acids is 1. The first-order valence-electron chi connectivity index (χ1n) is 11.1. The molecular weight excluding hydrogens is 348 g/mol. The first-order valence-corrected chi connectivity index (χ1v) is 11.1. The minimum atomic E-state index is -0.278. The van der Waals surface area contributed by atoms with Crippen LogP contribution in [0.25, 0.3) is 0 Å². The van der Waals surface area contributed by atoms with Crippen LogP contribution >= 0.6 is 0 Å². The molecular formula is C25H36O3. The van der Waals surface area contributed by atoms with Crippen LogP contribution in [-0.4, -0.2) is 18.2 Å². The molecule has 1 aromatic rings. The monoisotopic (exact) mass is 384 g/mol. The summed E-state index contributed by atoms with van der Waals surface area (Å²) in [7, 11) is 0. The summed E-state index contributed by atoms with van der Waals surface area (Å²) in [6.45, 7) is 11.2. The van der Waals surface area contributed by atoms with Crippen LogP contribution in [0, 0.1) is 29.1 Å². The van der Waals surface area contributed by atoms with Gasteiger partial charge in [0.2, 0.25) is 0 Å². The van der Waals surface area contributed by atoms with Crippen LogP contribution in [0.4, 0.5) is 0 Å². The maximum absolute atomic E-state index is 12.6. The van der Waals surface area contributed by atoms with E-state index in [0.29, 0.717) is 17.8 Å². The fourth-order valence-electron chi connectivity index (χ4n) is 6.06. The molecule has 0 aromatic heterocycles. The van der Waals surface area contributed by atoms with Crippen molar-refractivity contribution in [2.24, 2.45) is 29.1 Å². The molecule has 4 aliphatic rings. The molecule has 28 heavy (non-hydrogen) atoms. The smallest absolute Gasteiger partial charge is 0.344 e. The Morgan fingerprint density at radius 1 is 1.04 bits per heavy atom. The van der Waals surface area contributed by atoms with Crippen molar-refractivity contribution in [1.82, 2.24) is 0 Å². The predicted octanol–water partition coefficient (Wildman–Crippen LogP) is 5.97. The van der Waals surface area contributed by atoms with E-state index >= 15 is 0 Å². The van der Waals surface area contributed by atoms with Gasteiger partial charge in [-0.1, -0.05) is 39.8 Å². The van der Waals surface area contributed by atoms with Gasteiger partial charge in [-0.2, -0.15) is 0 Å². The molecule has 0 radical (unpaired) electrons. The second-order valence-electron chi connectivity index (χ2n) is 10.9. The van der Waals surface area contributed by atoms with E-state index in [-0.39, 0.29) is 23.6 Å². The zero-order valence-corrected chi connectivity index (χ0v) is 18.2. The van der Waals surface area contributed by atoms with Crippen molar-refractivity contribution >= 4 is 5.97 Å². The molecule has 0 spiro atoms. The molecule has 3 nitrogen and oxygen atoms in total. The van der Waals surface area contributed by atoms with E-state index in [1.807, 2.05) is 12.1 Å². The van der Waals surface area contributed by atoms with Gasteiger partial charge in [0.25, 0.3) is 0 Å². The largest absolute Gasteiger partial charge is 0.482 e. The molecule has 0 saturated heterocycles. The summed E-state index contributed by atoms with van der Waals surface area (Å²) in [6, 6.07) is 8.15. The molecule has 0 N–H and O–H groups in total. The van der Waals surface area contributed by atoms with E-state index in [2.05, 4.69) is 46.8 Å². The summed E-state index contributed by atoms with van der Waals surface area (Å²) in [5.41, 5.74) is 1.24. The Labute approximate surface area is 170 Å². The number of hydrogen-bond donors (Lipinski definition) is 0. The summed E-state index contributed by atoms with van der Waals surface area (Å²) in [4.78, 5) is 12.6. The zero-order chi connectivity index (χ0) is 20.1. The van der Waals surface area contributed by atoms with Gasteiger partial charge in [0.1, 0.15) is 11.4 Å². The molecule has 4 bridgehead atoms. The molecule has 4 aliphatic carbocycles. The lowest BCUT2D eigenvalue weighted by Crippen LogP contribution is -2.58. The molecule has 0 aliphatic heterocycles. The van der Waals surface area contributed by atoms with Crippen molar-refractivity contribution in [2.75, 3.05) is 6.61 Å². The van der Waals surface area contributed by atoms with Gasteiger partial charge in [0, 0.05) is 0 Å². The number of carbonyl (C=O) groups is 1. The van der Waals surface area contributed by atoms with Gasteiger partial charge in [-0.25, -0.2) is 4.79 Å². The number of ether oxygens (including phenoxy) is 2. The van der Waals surface area contributed by atoms with Gasteiger partial charge in [-0.15, -0.1) is 0 Å². The predicted molar refractivity (Wildman–Crippen MR) is 111 cm³/mol. The molecule has 4 saturated carbocycles. The first kappa shape index (κ1) is 19.8. The van der Waals surface area contributed by atoms with Crippen LogP contribution in [-0.2, 0) is 9.53 Å². The highest BCUT2D eigenvalue weighted by atomic mass is 16.6. The zero-order valence-electron chi connectivity index (χ0n) is 18.2. The number of benzene rings is 1. The molecule has 4 fully saturated rings. The minimum Gasteiger partial charge on any atom is -0.482 e. The lowest BCUT2D eigenvalue weighted by Gasteiger charge is -2.59. The van der Waals surface area contributed by atoms with E-state index in [1.165, 1.54) is 37.7 Å². The lowest BCUT2D eigenvalue weighted by molar-refractivity contribution is -0.204. The van der Waals surface area contributed by atoms with Crippen molar-refractivity contribution < 1.29 is 14.3 Å².